The molecular weight excluding hydrogens is 368 g/mol. The molecule has 29 heavy (non-hydrogen) atoms. The van der Waals surface area contributed by atoms with Crippen LogP contribution in [0, 0.1) is 0 Å². The highest BCUT2D eigenvalue weighted by atomic mass is 16.2. The van der Waals surface area contributed by atoms with Gasteiger partial charge in [-0.25, -0.2) is 4.98 Å². The smallest absolute Gasteiger partial charge is 0.257 e. The minimum atomic E-state index is -0.188. The Hall–Kier alpha value is -3.42. The summed E-state index contributed by atoms with van der Waals surface area (Å²) < 4.78 is 1.86. The van der Waals surface area contributed by atoms with Crippen LogP contribution in [0.15, 0.2) is 36.5 Å². The molecular formula is C21H24N6O2. The molecule has 3 aromatic rings. The van der Waals surface area contributed by atoms with Crippen LogP contribution >= 0.6 is 0 Å². The monoisotopic (exact) mass is 392 g/mol. The molecule has 0 aliphatic carbocycles. The highest BCUT2D eigenvalue weighted by Gasteiger charge is 2.24. The van der Waals surface area contributed by atoms with Crippen molar-refractivity contribution in [2.45, 2.75) is 25.9 Å². The quantitative estimate of drug-likeness (QED) is 0.729. The second-order valence-corrected chi connectivity index (χ2v) is 7.47. The first-order valence-electron chi connectivity index (χ1n) is 9.62. The first-order valence-corrected chi connectivity index (χ1v) is 9.62. The Morgan fingerprint density at radius 1 is 1.24 bits per heavy atom. The molecule has 2 N–H and O–H groups in total. The summed E-state index contributed by atoms with van der Waals surface area (Å²) >= 11 is 0. The highest BCUT2D eigenvalue weighted by Crippen LogP contribution is 2.23. The number of carbonyl (C=O) groups is 2. The number of amides is 2. The van der Waals surface area contributed by atoms with Crippen molar-refractivity contribution < 1.29 is 9.59 Å². The zero-order valence-electron chi connectivity index (χ0n) is 16.6. The number of hydrogen-bond acceptors (Lipinski definition) is 5. The van der Waals surface area contributed by atoms with Crippen LogP contribution in [0.3, 0.4) is 0 Å². The molecule has 8 nitrogen and oxygen atoms in total. The summed E-state index contributed by atoms with van der Waals surface area (Å²) in [7, 11) is 3.35. The van der Waals surface area contributed by atoms with E-state index in [1.165, 1.54) is 4.90 Å². The average Bonchev–Trinajstić information content (AvgIpc) is 3.13. The van der Waals surface area contributed by atoms with E-state index < -0.39 is 0 Å². The summed E-state index contributed by atoms with van der Waals surface area (Å²) in [5, 5.41) is 5.45. The van der Waals surface area contributed by atoms with Crippen LogP contribution in [0.4, 0.5) is 5.82 Å². The Bertz CT molecular complexity index is 1090. The second kappa shape index (κ2) is 7.54. The molecule has 150 valence electrons. The van der Waals surface area contributed by atoms with Gasteiger partial charge in [0.1, 0.15) is 5.82 Å². The van der Waals surface area contributed by atoms with Crippen molar-refractivity contribution in [1.29, 1.82) is 0 Å². The Morgan fingerprint density at radius 3 is 2.83 bits per heavy atom. The van der Waals surface area contributed by atoms with Crippen molar-refractivity contribution in [1.82, 2.24) is 24.6 Å². The lowest BCUT2D eigenvalue weighted by atomic mass is 10.0. The van der Waals surface area contributed by atoms with E-state index in [0.29, 0.717) is 38.0 Å². The SMILES string of the molecule is CN(C)C(=O)c1cc2c(nc1N)CCN(C(=O)CCn1ncc3ccccc31)C2. The molecule has 3 heterocycles. The summed E-state index contributed by atoms with van der Waals surface area (Å²) in [4.78, 5) is 32.8. The van der Waals surface area contributed by atoms with E-state index in [-0.39, 0.29) is 17.6 Å². The summed E-state index contributed by atoms with van der Waals surface area (Å²) in [5.74, 6) is 0.118. The van der Waals surface area contributed by atoms with Gasteiger partial charge in [-0.3, -0.25) is 14.3 Å². The van der Waals surface area contributed by atoms with E-state index in [0.717, 1.165) is 22.2 Å². The van der Waals surface area contributed by atoms with Gasteiger partial charge < -0.3 is 15.5 Å². The summed E-state index contributed by atoms with van der Waals surface area (Å²) in [6.45, 7) is 1.56. The van der Waals surface area contributed by atoms with E-state index in [1.54, 1.807) is 20.2 Å². The molecule has 0 bridgehead atoms. The predicted molar refractivity (Wildman–Crippen MR) is 110 cm³/mol. The second-order valence-electron chi connectivity index (χ2n) is 7.47. The molecule has 0 fully saturated rings. The van der Waals surface area contributed by atoms with Crippen LogP contribution in [-0.4, -0.2) is 57.0 Å². The molecule has 1 aliphatic heterocycles. The van der Waals surface area contributed by atoms with E-state index >= 15 is 0 Å². The number of nitrogens with two attached hydrogens (primary N) is 1. The molecule has 0 radical (unpaired) electrons. The molecule has 2 aromatic heterocycles. The number of nitrogen functional groups attached to an aromatic ring is 1. The standard InChI is InChI=1S/C21H24N6O2/c1-25(2)21(29)16-11-15-13-26(9-7-17(15)24-20(16)22)19(28)8-10-27-18-6-4-3-5-14(18)12-23-27/h3-6,11-12H,7-10,13H2,1-2H3,(H2,22,24). The number of aromatic nitrogens is 3. The molecule has 0 atom stereocenters. The first-order chi connectivity index (χ1) is 13.9. The van der Waals surface area contributed by atoms with Gasteiger partial charge in [0.2, 0.25) is 5.91 Å². The third kappa shape index (κ3) is 3.65. The van der Waals surface area contributed by atoms with E-state index in [1.807, 2.05) is 40.0 Å². The highest BCUT2D eigenvalue weighted by molar-refractivity contribution is 5.98. The Balaban J connectivity index is 1.47. The van der Waals surface area contributed by atoms with Crippen molar-refractivity contribution in [2.75, 3.05) is 26.4 Å². The zero-order chi connectivity index (χ0) is 20.5. The average molecular weight is 392 g/mol. The van der Waals surface area contributed by atoms with Gasteiger partial charge in [0.05, 0.1) is 23.8 Å². The van der Waals surface area contributed by atoms with Gasteiger partial charge in [-0.05, 0) is 17.7 Å². The van der Waals surface area contributed by atoms with Gasteiger partial charge in [-0.1, -0.05) is 18.2 Å². The van der Waals surface area contributed by atoms with Crippen LogP contribution in [0.25, 0.3) is 10.9 Å². The van der Waals surface area contributed by atoms with Crippen molar-refractivity contribution in [3.05, 3.63) is 53.3 Å². The molecule has 1 aromatic carbocycles. The summed E-state index contributed by atoms with van der Waals surface area (Å²) in [5.41, 5.74) is 9.12. The maximum absolute atomic E-state index is 12.8. The number of rotatable bonds is 4. The molecule has 0 spiro atoms. The van der Waals surface area contributed by atoms with Gasteiger partial charge in [-0.15, -0.1) is 0 Å². The van der Waals surface area contributed by atoms with Crippen molar-refractivity contribution in [3.63, 3.8) is 0 Å². The van der Waals surface area contributed by atoms with E-state index in [2.05, 4.69) is 10.1 Å². The Morgan fingerprint density at radius 2 is 2.03 bits per heavy atom. The molecule has 4 rings (SSSR count). The van der Waals surface area contributed by atoms with E-state index in [9.17, 15) is 9.59 Å². The lowest BCUT2D eigenvalue weighted by molar-refractivity contribution is -0.132. The number of hydrogen-bond donors (Lipinski definition) is 1. The van der Waals surface area contributed by atoms with Crippen LogP contribution in [0.2, 0.25) is 0 Å². The maximum Gasteiger partial charge on any atom is 0.257 e. The predicted octanol–water partition coefficient (Wildman–Crippen LogP) is 1.69. The topological polar surface area (TPSA) is 97.4 Å². The third-order valence-electron chi connectivity index (χ3n) is 5.28. The normalized spacial score (nSPS) is 13.4. The van der Waals surface area contributed by atoms with Gasteiger partial charge >= 0.3 is 0 Å². The first kappa shape index (κ1) is 18.9. The Labute approximate surface area is 168 Å². The van der Waals surface area contributed by atoms with Crippen LogP contribution in [0.5, 0.6) is 0 Å². The number of anilines is 1. The van der Waals surface area contributed by atoms with Gasteiger partial charge in [-0.2, -0.15) is 5.10 Å². The number of carbonyl (C=O) groups excluding carboxylic acids is 2. The van der Waals surface area contributed by atoms with Crippen LogP contribution < -0.4 is 5.73 Å². The van der Waals surface area contributed by atoms with Gasteiger partial charge in [0, 0.05) is 51.1 Å². The fraction of sp³-hybridized carbons (Fsp3) is 0.333. The lowest BCUT2D eigenvalue weighted by Gasteiger charge is -2.29. The zero-order valence-corrected chi connectivity index (χ0v) is 16.6. The Kier molecular flexibility index (Phi) is 4.92. The number of para-hydroxylation sites is 1. The van der Waals surface area contributed by atoms with Crippen LogP contribution in [0.1, 0.15) is 28.0 Å². The number of fused-ring (bicyclic) bond motifs is 2. The number of benzene rings is 1. The third-order valence-corrected chi connectivity index (χ3v) is 5.28. The fourth-order valence-electron chi connectivity index (χ4n) is 3.68. The number of pyridine rings is 1. The maximum atomic E-state index is 12.8. The minimum absolute atomic E-state index is 0.0625. The molecule has 8 heteroatoms. The largest absolute Gasteiger partial charge is 0.383 e. The van der Waals surface area contributed by atoms with Gasteiger partial charge in [0.15, 0.2) is 0 Å². The summed E-state index contributed by atoms with van der Waals surface area (Å²) in [6.07, 6.45) is 2.82. The van der Waals surface area contributed by atoms with Crippen molar-refractivity contribution >= 4 is 28.5 Å². The number of nitrogens with zero attached hydrogens (tertiary/aromatic N) is 5. The van der Waals surface area contributed by atoms with Crippen LogP contribution in [-0.2, 0) is 24.3 Å². The van der Waals surface area contributed by atoms with Gasteiger partial charge in [0.25, 0.3) is 5.91 Å². The van der Waals surface area contributed by atoms with E-state index in [4.69, 9.17) is 5.73 Å². The fourth-order valence-corrected chi connectivity index (χ4v) is 3.68. The lowest BCUT2D eigenvalue weighted by Crippen LogP contribution is -2.37. The number of aryl methyl sites for hydroxylation is 1. The molecule has 2 amide bonds. The molecule has 0 unspecified atom stereocenters. The molecule has 0 saturated heterocycles. The summed E-state index contributed by atoms with van der Waals surface area (Å²) in [6, 6.07) is 9.73. The van der Waals surface area contributed by atoms with Crippen molar-refractivity contribution in [3.8, 4) is 0 Å². The minimum Gasteiger partial charge on any atom is -0.383 e. The molecule has 0 saturated carbocycles. The van der Waals surface area contributed by atoms with Crippen molar-refractivity contribution in [2.24, 2.45) is 0 Å². The molecule has 1 aliphatic rings.